The second-order valence-corrected chi connectivity index (χ2v) is 6.12. The standard InChI is InChI=1S/C13H27NO/c1-10(15)9-14-12-8-6-5-7-11(12)13(2,3)4/h10-12,14-15H,5-9H2,1-4H3/t10-,11?,12?/m0/s1. The summed E-state index contributed by atoms with van der Waals surface area (Å²) in [5.41, 5.74) is 0.386. The molecule has 2 nitrogen and oxygen atoms in total. The summed E-state index contributed by atoms with van der Waals surface area (Å²) in [7, 11) is 0. The van der Waals surface area contributed by atoms with Gasteiger partial charge in [-0.3, -0.25) is 0 Å². The molecule has 90 valence electrons. The van der Waals surface area contributed by atoms with Crippen molar-refractivity contribution in [3.8, 4) is 0 Å². The van der Waals surface area contributed by atoms with Gasteiger partial charge in [-0.15, -0.1) is 0 Å². The van der Waals surface area contributed by atoms with Gasteiger partial charge in [0, 0.05) is 12.6 Å². The Hall–Kier alpha value is -0.0800. The summed E-state index contributed by atoms with van der Waals surface area (Å²) in [5.74, 6) is 0.755. The van der Waals surface area contributed by atoms with Gasteiger partial charge in [-0.25, -0.2) is 0 Å². The average Bonchev–Trinajstić information content (AvgIpc) is 2.13. The Bertz CT molecular complexity index is 183. The van der Waals surface area contributed by atoms with E-state index in [0.29, 0.717) is 11.5 Å². The van der Waals surface area contributed by atoms with Crippen LogP contribution in [0.2, 0.25) is 0 Å². The molecule has 0 bridgehead atoms. The fraction of sp³-hybridized carbons (Fsp3) is 1.00. The molecular weight excluding hydrogens is 186 g/mol. The predicted molar refractivity (Wildman–Crippen MR) is 64.9 cm³/mol. The highest BCUT2D eigenvalue weighted by atomic mass is 16.3. The van der Waals surface area contributed by atoms with Gasteiger partial charge < -0.3 is 10.4 Å². The minimum atomic E-state index is -0.229. The normalized spacial score (nSPS) is 30.2. The zero-order valence-corrected chi connectivity index (χ0v) is 10.7. The van der Waals surface area contributed by atoms with E-state index in [4.69, 9.17) is 0 Å². The van der Waals surface area contributed by atoms with Crippen LogP contribution in [0.15, 0.2) is 0 Å². The molecule has 2 heteroatoms. The number of aliphatic hydroxyl groups excluding tert-OH is 1. The third-order valence-corrected chi connectivity index (χ3v) is 3.55. The van der Waals surface area contributed by atoms with Crippen molar-refractivity contribution in [2.45, 2.75) is 65.5 Å². The highest BCUT2D eigenvalue weighted by molar-refractivity contribution is 4.88. The Kier molecular flexibility index (Phi) is 4.60. The maximum atomic E-state index is 9.31. The maximum Gasteiger partial charge on any atom is 0.0636 e. The molecule has 0 heterocycles. The summed E-state index contributed by atoms with van der Waals surface area (Å²) in [6, 6.07) is 0.605. The van der Waals surface area contributed by atoms with Gasteiger partial charge in [-0.2, -0.15) is 0 Å². The summed E-state index contributed by atoms with van der Waals surface area (Å²) < 4.78 is 0. The fourth-order valence-corrected chi connectivity index (χ4v) is 2.73. The van der Waals surface area contributed by atoms with Gasteiger partial charge in [0.2, 0.25) is 0 Å². The van der Waals surface area contributed by atoms with Gasteiger partial charge in [0.1, 0.15) is 0 Å². The molecule has 0 aromatic carbocycles. The zero-order valence-electron chi connectivity index (χ0n) is 10.7. The molecule has 1 rings (SSSR count). The lowest BCUT2D eigenvalue weighted by atomic mass is 9.69. The minimum absolute atomic E-state index is 0.229. The van der Waals surface area contributed by atoms with Crippen LogP contribution in [0, 0.1) is 11.3 Å². The van der Waals surface area contributed by atoms with Crippen LogP contribution >= 0.6 is 0 Å². The van der Waals surface area contributed by atoms with Crippen LogP contribution in [0.4, 0.5) is 0 Å². The van der Waals surface area contributed by atoms with E-state index in [1.165, 1.54) is 25.7 Å². The lowest BCUT2D eigenvalue weighted by molar-refractivity contribution is 0.114. The van der Waals surface area contributed by atoms with E-state index in [0.717, 1.165) is 12.5 Å². The Morgan fingerprint density at radius 1 is 1.27 bits per heavy atom. The third-order valence-electron chi connectivity index (χ3n) is 3.55. The van der Waals surface area contributed by atoms with E-state index in [1.54, 1.807) is 0 Å². The molecule has 1 aliphatic carbocycles. The second-order valence-electron chi connectivity index (χ2n) is 6.12. The molecule has 1 fully saturated rings. The number of nitrogens with one attached hydrogen (secondary N) is 1. The van der Waals surface area contributed by atoms with Crippen LogP contribution in [0.3, 0.4) is 0 Å². The fourth-order valence-electron chi connectivity index (χ4n) is 2.73. The van der Waals surface area contributed by atoms with Crippen molar-refractivity contribution < 1.29 is 5.11 Å². The lowest BCUT2D eigenvalue weighted by Crippen LogP contribution is -2.46. The summed E-state index contributed by atoms with van der Waals surface area (Å²) in [5, 5.41) is 12.8. The molecule has 0 spiro atoms. The predicted octanol–water partition coefficient (Wildman–Crippen LogP) is 2.56. The summed E-state index contributed by atoms with van der Waals surface area (Å²) in [6.07, 6.45) is 5.08. The quantitative estimate of drug-likeness (QED) is 0.755. The minimum Gasteiger partial charge on any atom is -0.392 e. The van der Waals surface area contributed by atoms with Crippen molar-refractivity contribution in [3.63, 3.8) is 0 Å². The van der Waals surface area contributed by atoms with Crippen LogP contribution in [0.1, 0.15) is 53.4 Å². The molecule has 1 aliphatic rings. The van der Waals surface area contributed by atoms with E-state index >= 15 is 0 Å². The number of aliphatic hydroxyl groups is 1. The van der Waals surface area contributed by atoms with Crippen molar-refractivity contribution in [2.24, 2.45) is 11.3 Å². The van der Waals surface area contributed by atoms with Crippen molar-refractivity contribution in [1.82, 2.24) is 5.32 Å². The van der Waals surface area contributed by atoms with Gasteiger partial charge in [0.25, 0.3) is 0 Å². The number of hydrogen-bond donors (Lipinski definition) is 2. The van der Waals surface area contributed by atoms with Crippen LogP contribution in [0.5, 0.6) is 0 Å². The van der Waals surface area contributed by atoms with Crippen LogP contribution in [-0.4, -0.2) is 23.8 Å². The van der Waals surface area contributed by atoms with Crippen LogP contribution in [-0.2, 0) is 0 Å². The van der Waals surface area contributed by atoms with E-state index in [2.05, 4.69) is 26.1 Å². The second kappa shape index (κ2) is 5.31. The molecule has 1 saturated carbocycles. The van der Waals surface area contributed by atoms with Crippen molar-refractivity contribution in [1.29, 1.82) is 0 Å². The molecule has 0 saturated heterocycles. The molecule has 0 radical (unpaired) electrons. The third kappa shape index (κ3) is 4.12. The molecule has 15 heavy (non-hydrogen) atoms. The number of rotatable bonds is 3. The van der Waals surface area contributed by atoms with Crippen molar-refractivity contribution in [3.05, 3.63) is 0 Å². The Balaban J connectivity index is 2.50. The highest BCUT2D eigenvalue weighted by Crippen LogP contribution is 2.37. The zero-order chi connectivity index (χ0) is 11.5. The van der Waals surface area contributed by atoms with Crippen molar-refractivity contribution >= 4 is 0 Å². The van der Waals surface area contributed by atoms with Gasteiger partial charge in [-0.1, -0.05) is 33.6 Å². The monoisotopic (exact) mass is 213 g/mol. The van der Waals surface area contributed by atoms with Gasteiger partial charge >= 0.3 is 0 Å². The smallest absolute Gasteiger partial charge is 0.0636 e. The summed E-state index contributed by atoms with van der Waals surface area (Å²) in [4.78, 5) is 0. The Morgan fingerprint density at radius 3 is 2.40 bits per heavy atom. The molecule has 3 atom stereocenters. The van der Waals surface area contributed by atoms with E-state index < -0.39 is 0 Å². The molecule has 0 aromatic heterocycles. The van der Waals surface area contributed by atoms with Gasteiger partial charge in [-0.05, 0) is 31.1 Å². The Labute approximate surface area is 94.5 Å². The first-order valence-corrected chi connectivity index (χ1v) is 6.32. The van der Waals surface area contributed by atoms with Gasteiger partial charge in [0.15, 0.2) is 0 Å². The molecule has 2 N–H and O–H groups in total. The largest absolute Gasteiger partial charge is 0.392 e. The first-order valence-electron chi connectivity index (χ1n) is 6.32. The van der Waals surface area contributed by atoms with Gasteiger partial charge in [0.05, 0.1) is 6.10 Å². The van der Waals surface area contributed by atoms with E-state index in [-0.39, 0.29) is 6.10 Å². The summed E-state index contributed by atoms with van der Waals surface area (Å²) in [6.45, 7) is 9.58. The number of hydrogen-bond acceptors (Lipinski definition) is 2. The Morgan fingerprint density at radius 2 is 1.87 bits per heavy atom. The maximum absolute atomic E-state index is 9.31. The summed E-state index contributed by atoms with van der Waals surface area (Å²) >= 11 is 0. The molecule has 0 aliphatic heterocycles. The first-order chi connectivity index (χ1) is 6.91. The highest BCUT2D eigenvalue weighted by Gasteiger charge is 2.33. The van der Waals surface area contributed by atoms with Crippen LogP contribution < -0.4 is 5.32 Å². The average molecular weight is 213 g/mol. The topological polar surface area (TPSA) is 32.3 Å². The first kappa shape index (κ1) is 13.0. The van der Waals surface area contributed by atoms with Crippen LogP contribution in [0.25, 0.3) is 0 Å². The van der Waals surface area contributed by atoms with Crippen molar-refractivity contribution in [2.75, 3.05) is 6.54 Å². The van der Waals surface area contributed by atoms with E-state index in [9.17, 15) is 5.11 Å². The molecule has 0 amide bonds. The SMILES string of the molecule is C[C@H](O)CNC1CCCCC1C(C)(C)C. The molecule has 0 aromatic rings. The van der Waals surface area contributed by atoms with E-state index in [1.807, 2.05) is 6.92 Å². The molecule has 2 unspecified atom stereocenters. The lowest BCUT2D eigenvalue weighted by Gasteiger charge is -2.41. The molecular formula is C13H27NO.